The van der Waals surface area contributed by atoms with Crippen molar-refractivity contribution in [2.24, 2.45) is 0 Å². The Morgan fingerprint density at radius 2 is 2.10 bits per heavy atom. The molecular weight excluding hydrogens is 140 g/mol. The van der Waals surface area contributed by atoms with Crippen LogP contribution < -0.4 is 0 Å². The van der Waals surface area contributed by atoms with E-state index < -0.39 is 0 Å². The molecule has 1 heteroatoms. The highest BCUT2D eigenvalue weighted by molar-refractivity contribution is 7.80. The molecule has 0 amide bonds. The van der Waals surface area contributed by atoms with Crippen molar-refractivity contribution in [3.8, 4) is 0 Å². The summed E-state index contributed by atoms with van der Waals surface area (Å²) in [4.78, 5) is 1.10. The molecule has 1 rings (SSSR count). The van der Waals surface area contributed by atoms with Gasteiger partial charge in [0.2, 0.25) is 0 Å². The maximum absolute atomic E-state index is 4.32. The molecule has 54 valence electrons. The summed E-state index contributed by atoms with van der Waals surface area (Å²) in [6.45, 7) is 4.22. The summed E-state index contributed by atoms with van der Waals surface area (Å²) in [6.07, 6.45) is 1.09. The summed E-state index contributed by atoms with van der Waals surface area (Å²) in [5, 5.41) is 0. The normalized spacial score (nSPS) is 9.90. The van der Waals surface area contributed by atoms with Crippen LogP contribution in [0.15, 0.2) is 23.1 Å². The summed E-state index contributed by atoms with van der Waals surface area (Å²) < 4.78 is 0. The summed E-state index contributed by atoms with van der Waals surface area (Å²) in [7, 11) is 0. The van der Waals surface area contributed by atoms with E-state index in [1.165, 1.54) is 11.1 Å². The molecule has 0 saturated heterocycles. The van der Waals surface area contributed by atoms with Crippen molar-refractivity contribution >= 4 is 12.6 Å². The molecule has 0 unspecified atom stereocenters. The van der Waals surface area contributed by atoms with Gasteiger partial charge in [-0.3, -0.25) is 0 Å². The third-order valence-corrected chi connectivity index (χ3v) is 2.16. The minimum absolute atomic E-state index is 1.09. The van der Waals surface area contributed by atoms with Crippen molar-refractivity contribution in [3.63, 3.8) is 0 Å². The van der Waals surface area contributed by atoms with E-state index >= 15 is 0 Å². The van der Waals surface area contributed by atoms with Gasteiger partial charge in [0, 0.05) is 4.90 Å². The zero-order valence-electron chi connectivity index (χ0n) is 6.39. The molecule has 0 saturated carbocycles. The van der Waals surface area contributed by atoms with Crippen molar-refractivity contribution in [1.29, 1.82) is 0 Å². The first-order chi connectivity index (χ1) is 4.74. The van der Waals surface area contributed by atoms with Crippen LogP contribution in [0.1, 0.15) is 18.1 Å². The van der Waals surface area contributed by atoms with E-state index in [9.17, 15) is 0 Å². The summed E-state index contributed by atoms with van der Waals surface area (Å²) >= 11 is 4.32. The first-order valence-electron chi connectivity index (χ1n) is 3.52. The zero-order chi connectivity index (χ0) is 7.56. The number of benzene rings is 1. The predicted octanol–water partition coefficient (Wildman–Crippen LogP) is 2.85. The Labute approximate surface area is 67.7 Å². The number of aryl methyl sites for hydroxylation is 2. The van der Waals surface area contributed by atoms with Gasteiger partial charge in [-0.25, -0.2) is 0 Å². The molecule has 0 N–H and O–H groups in total. The molecule has 1 aromatic rings. The summed E-state index contributed by atoms with van der Waals surface area (Å²) in [5.41, 5.74) is 2.61. The minimum Gasteiger partial charge on any atom is -0.143 e. The fraction of sp³-hybridized carbons (Fsp3) is 0.333. The SMILES string of the molecule is CCc1ccc(C)c(S)c1. The van der Waals surface area contributed by atoms with Crippen LogP contribution in [-0.4, -0.2) is 0 Å². The first kappa shape index (κ1) is 7.67. The third kappa shape index (κ3) is 1.54. The van der Waals surface area contributed by atoms with Gasteiger partial charge in [-0.2, -0.15) is 0 Å². The lowest BCUT2D eigenvalue weighted by molar-refractivity contribution is 1.11. The smallest absolute Gasteiger partial charge is 0.00719 e. The Morgan fingerprint density at radius 1 is 1.40 bits per heavy atom. The monoisotopic (exact) mass is 152 g/mol. The fourth-order valence-corrected chi connectivity index (χ4v) is 1.12. The molecule has 0 bridgehead atoms. The molecule has 0 heterocycles. The van der Waals surface area contributed by atoms with Crippen molar-refractivity contribution in [3.05, 3.63) is 29.3 Å². The number of rotatable bonds is 1. The second-order valence-electron chi connectivity index (χ2n) is 2.47. The van der Waals surface area contributed by atoms with Crippen LogP contribution in [0.4, 0.5) is 0 Å². The Bertz CT molecular complexity index is 228. The Balaban J connectivity index is 3.04. The molecule has 10 heavy (non-hydrogen) atoms. The molecule has 0 aliphatic carbocycles. The highest BCUT2D eigenvalue weighted by Gasteiger charge is 1.92. The molecule has 0 nitrogen and oxygen atoms in total. The second-order valence-corrected chi connectivity index (χ2v) is 2.96. The molecule has 0 spiro atoms. The van der Waals surface area contributed by atoms with E-state index in [2.05, 4.69) is 44.7 Å². The molecule has 0 aliphatic heterocycles. The van der Waals surface area contributed by atoms with Gasteiger partial charge in [0.15, 0.2) is 0 Å². The summed E-state index contributed by atoms with van der Waals surface area (Å²) in [6, 6.07) is 6.38. The lowest BCUT2D eigenvalue weighted by Crippen LogP contribution is -1.81. The van der Waals surface area contributed by atoms with Gasteiger partial charge in [-0.1, -0.05) is 19.1 Å². The van der Waals surface area contributed by atoms with E-state index in [-0.39, 0.29) is 0 Å². The zero-order valence-corrected chi connectivity index (χ0v) is 7.28. The van der Waals surface area contributed by atoms with Crippen molar-refractivity contribution < 1.29 is 0 Å². The van der Waals surface area contributed by atoms with E-state index in [4.69, 9.17) is 0 Å². The second kappa shape index (κ2) is 3.11. The molecule has 0 fully saturated rings. The molecule has 0 aromatic heterocycles. The largest absolute Gasteiger partial charge is 0.143 e. The van der Waals surface area contributed by atoms with E-state index in [0.29, 0.717) is 0 Å². The quantitative estimate of drug-likeness (QED) is 0.588. The van der Waals surface area contributed by atoms with Gasteiger partial charge >= 0.3 is 0 Å². The predicted molar refractivity (Wildman–Crippen MR) is 47.8 cm³/mol. The van der Waals surface area contributed by atoms with Gasteiger partial charge in [0.25, 0.3) is 0 Å². The number of hydrogen-bond donors (Lipinski definition) is 1. The molecule has 0 aliphatic rings. The Hall–Kier alpha value is -0.430. The van der Waals surface area contributed by atoms with Crippen LogP contribution in [-0.2, 0) is 6.42 Å². The van der Waals surface area contributed by atoms with E-state index in [1.54, 1.807) is 0 Å². The molecular formula is C9H12S. The lowest BCUT2D eigenvalue weighted by atomic mass is 10.1. The van der Waals surface area contributed by atoms with Gasteiger partial charge in [0.05, 0.1) is 0 Å². The maximum atomic E-state index is 4.32. The first-order valence-corrected chi connectivity index (χ1v) is 3.97. The van der Waals surface area contributed by atoms with Crippen LogP contribution in [0.3, 0.4) is 0 Å². The molecule has 0 radical (unpaired) electrons. The van der Waals surface area contributed by atoms with Crippen LogP contribution in [0.2, 0.25) is 0 Å². The van der Waals surface area contributed by atoms with Gasteiger partial charge in [0.1, 0.15) is 0 Å². The van der Waals surface area contributed by atoms with Crippen molar-refractivity contribution in [2.75, 3.05) is 0 Å². The standard InChI is InChI=1S/C9H12S/c1-3-8-5-4-7(2)9(10)6-8/h4-6,10H,3H2,1-2H3. The van der Waals surface area contributed by atoms with E-state index in [1.807, 2.05) is 0 Å². The minimum atomic E-state index is 1.09. The van der Waals surface area contributed by atoms with Gasteiger partial charge in [-0.05, 0) is 30.5 Å². The fourth-order valence-electron chi connectivity index (χ4n) is 0.875. The summed E-state index contributed by atoms with van der Waals surface area (Å²) in [5.74, 6) is 0. The third-order valence-electron chi connectivity index (χ3n) is 1.68. The van der Waals surface area contributed by atoms with Crippen molar-refractivity contribution in [2.45, 2.75) is 25.2 Å². The number of hydrogen-bond acceptors (Lipinski definition) is 1. The average molecular weight is 152 g/mol. The van der Waals surface area contributed by atoms with Gasteiger partial charge in [-0.15, -0.1) is 12.6 Å². The maximum Gasteiger partial charge on any atom is 0.00719 e. The van der Waals surface area contributed by atoms with Crippen LogP contribution in [0.25, 0.3) is 0 Å². The lowest BCUT2D eigenvalue weighted by Gasteiger charge is -2.00. The highest BCUT2D eigenvalue weighted by atomic mass is 32.1. The highest BCUT2D eigenvalue weighted by Crippen LogP contribution is 2.14. The van der Waals surface area contributed by atoms with Gasteiger partial charge < -0.3 is 0 Å². The average Bonchev–Trinajstić information content (AvgIpc) is 1.95. The van der Waals surface area contributed by atoms with Crippen LogP contribution in [0.5, 0.6) is 0 Å². The molecule has 1 aromatic carbocycles. The Morgan fingerprint density at radius 3 is 2.60 bits per heavy atom. The Kier molecular flexibility index (Phi) is 2.39. The van der Waals surface area contributed by atoms with Crippen LogP contribution in [0, 0.1) is 6.92 Å². The number of thiol groups is 1. The van der Waals surface area contributed by atoms with Crippen molar-refractivity contribution in [1.82, 2.24) is 0 Å². The molecule has 0 atom stereocenters. The van der Waals surface area contributed by atoms with E-state index in [0.717, 1.165) is 11.3 Å². The van der Waals surface area contributed by atoms with Crippen LogP contribution >= 0.6 is 12.6 Å². The topological polar surface area (TPSA) is 0 Å².